The Bertz CT molecular complexity index is 887. The Morgan fingerprint density at radius 2 is 1.50 bits per heavy atom. The standard InChI is InChI=1S/C22H27NO5/c1-13(2)16(11-14-7-9-18(25-3)17(23)12-14)20(24)15-8-10-19(26-4)22(28-6)21(15)27-5/h7-13H,23H2,1-6H3. The summed E-state index contributed by atoms with van der Waals surface area (Å²) in [4.78, 5) is 13.3. The van der Waals surface area contributed by atoms with Crippen molar-refractivity contribution in [1.82, 2.24) is 0 Å². The number of hydrogen-bond acceptors (Lipinski definition) is 6. The minimum Gasteiger partial charge on any atom is -0.495 e. The second-order valence-electron chi connectivity index (χ2n) is 6.47. The zero-order valence-electron chi connectivity index (χ0n) is 17.2. The van der Waals surface area contributed by atoms with Crippen molar-refractivity contribution >= 4 is 17.5 Å². The van der Waals surface area contributed by atoms with Crippen molar-refractivity contribution in [2.45, 2.75) is 13.8 Å². The average molecular weight is 385 g/mol. The lowest BCUT2D eigenvalue weighted by Crippen LogP contribution is -2.11. The van der Waals surface area contributed by atoms with Gasteiger partial charge in [0, 0.05) is 5.57 Å². The van der Waals surface area contributed by atoms with E-state index in [1.165, 1.54) is 21.3 Å². The number of allylic oxidation sites excluding steroid dienone is 1. The third-order valence-electron chi connectivity index (χ3n) is 4.41. The molecule has 150 valence electrons. The Kier molecular flexibility index (Phi) is 6.93. The van der Waals surface area contributed by atoms with Crippen LogP contribution in [0.4, 0.5) is 5.69 Å². The summed E-state index contributed by atoms with van der Waals surface area (Å²) in [5, 5.41) is 0. The van der Waals surface area contributed by atoms with Gasteiger partial charge < -0.3 is 24.7 Å². The lowest BCUT2D eigenvalue weighted by atomic mass is 9.91. The van der Waals surface area contributed by atoms with Gasteiger partial charge in [-0.05, 0) is 41.8 Å². The van der Waals surface area contributed by atoms with Gasteiger partial charge in [0.2, 0.25) is 5.75 Å². The molecule has 2 aromatic carbocycles. The molecule has 0 aliphatic heterocycles. The first-order valence-corrected chi connectivity index (χ1v) is 8.86. The molecule has 28 heavy (non-hydrogen) atoms. The summed E-state index contributed by atoms with van der Waals surface area (Å²) in [6, 6.07) is 8.79. The van der Waals surface area contributed by atoms with E-state index in [4.69, 9.17) is 24.7 Å². The number of carbonyl (C=O) groups excluding carboxylic acids is 1. The van der Waals surface area contributed by atoms with Gasteiger partial charge in [-0.25, -0.2) is 0 Å². The number of nitrogens with two attached hydrogens (primary N) is 1. The fraction of sp³-hybridized carbons (Fsp3) is 0.318. The first kappa shape index (κ1) is 21.2. The molecule has 0 saturated carbocycles. The van der Waals surface area contributed by atoms with Crippen LogP contribution in [0.2, 0.25) is 0 Å². The van der Waals surface area contributed by atoms with Crippen molar-refractivity contribution in [2.75, 3.05) is 34.2 Å². The molecule has 6 heteroatoms. The van der Waals surface area contributed by atoms with Crippen molar-refractivity contribution in [1.29, 1.82) is 0 Å². The van der Waals surface area contributed by atoms with Crippen LogP contribution in [0.1, 0.15) is 29.8 Å². The number of methoxy groups -OCH3 is 4. The van der Waals surface area contributed by atoms with Crippen molar-refractivity contribution in [2.24, 2.45) is 5.92 Å². The minimum atomic E-state index is -0.151. The van der Waals surface area contributed by atoms with Crippen LogP contribution in [0.25, 0.3) is 6.08 Å². The Morgan fingerprint density at radius 1 is 0.893 bits per heavy atom. The van der Waals surface area contributed by atoms with Crippen LogP contribution in [0.15, 0.2) is 35.9 Å². The van der Waals surface area contributed by atoms with E-state index in [-0.39, 0.29) is 11.7 Å². The van der Waals surface area contributed by atoms with Crippen molar-refractivity contribution in [3.05, 3.63) is 47.0 Å². The van der Waals surface area contributed by atoms with Crippen LogP contribution >= 0.6 is 0 Å². The second-order valence-corrected chi connectivity index (χ2v) is 6.47. The molecule has 2 aromatic rings. The highest BCUT2D eigenvalue weighted by Crippen LogP contribution is 2.41. The summed E-state index contributed by atoms with van der Waals surface area (Å²) in [5.41, 5.74) is 8.35. The van der Waals surface area contributed by atoms with E-state index < -0.39 is 0 Å². The number of benzene rings is 2. The summed E-state index contributed by atoms with van der Waals surface area (Å²) in [5.74, 6) is 1.64. The van der Waals surface area contributed by atoms with Gasteiger partial charge in [0.1, 0.15) is 5.75 Å². The molecule has 0 saturated heterocycles. The van der Waals surface area contributed by atoms with Gasteiger partial charge >= 0.3 is 0 Å². The molecular weight excluding hydrogens is 358 g/mol. The molecule has 0 bridgehead atoms. The van der Waals surface area contributed by atoms with Crippen molar-refractivity contribution in [3.63, 3.8) is 0 Å². The predicted octanol–water partition coefficient (Wildman–Crippen LogP) is 4.23. The lowest BCUT2D eigenvalue weighted by Gasteiger charge is -2.17. The van der Waals surface area contributed by atoms with Gasteiger partial charge in [0.05, 0.1) is 39.7 Å². The maximum absolute atomic E-state index is 13.3. The number of carbonyl (C=O) groups is 1. The number of nitrogen functional groups attached to an aromatic ring is 1. The van der Waals surface area contributed by atoms with Crippen LogP contribution in [-0.2, 0) is 0 Å². The second kappa shape index (κ2) is 9.17. The Labute approximate surface area is 165 Å². The first-order valence-electron chi connectivity index (χ1n) is 8.86. The Balaban J connectivity index is 2.56. The van der Waals surface area contributed by atoms with Crippen LogP contribution in [0.5, 0.6) is 23.0 Å². The average Bonchev–Trinajstić information content (AvgIpc) is 2.69. The molecule has 0 spiro atoms. The molecule has 0 amide bonds. The van der Waals surface area contributed by atoms with Gasteiger partial charge in [0.15, 0.2) is 17.3 Å². The van der Waals surface area contributed by atoms with E-state index in [2.05, 4.69) is 0 Å². The predicted molar refractivity (Wildman–Crippen MR) is 111 cm³/mol. The van der Waals surface area contributed by atoms with Gasteiger partial charge in [-0.15, -0.1) is 0 Å². The van der Waals surface area contributed by atoms with Crippen LogP contribution in [0.3, 0.4) is 0 Å². The van der Waals surface area contributed by atoms with E-state index in [9.17, 15) is 4.79 Å². The van der Waals surface area contributed by atoms with Gasteiger partial charge in [-0.3, -0.25) is 4.79 Å². The molecule has 0 radical (unpaired) electrons. The fourth-order valence-corrected chi connectivity index (χ4v) is 2.95. The van der Waals surface area contributed by atoms with E-state index in [1.807, 2.05) is 26.0 Å². The summed E-state index contributed by atoms with van der Waals surface area (Å²) < 4.78 is 21.4. The Morgan fingerprint density at radius 3 is 2.00 bits per heavy atom. The number of ketones is 1. The highest BCUT2D eigenvalue weighted by atomic mass is 16.5. The van der Waals surface area contributed by atoms with E-state index in [0.29, 0.717) is 39.8 Å². The number of rotatable bonds is 8. The number of hydrogen-bond donors (Lipinski definition) is 1. The maximum atomic E-state index is 13.3. The van der Waals surface area contributed by atoms with E-state index in [0.717, 1.165) is 5.56 Å². The normalized spacial score (nSPS) is 11.3. The monoisotopic (exact) mass is 385 g/mol. The molecule has 2 rings (SSSR count). The smallest absolute Gasteiger partial charge is 0.204 e. The molecule has 2 N–H and O–H groups in total. The van der Waals surface area contributed by atoms with Gasteiger partial charge in [0.25, 0.3) is 0 Å². The lowest BCUT2D eigenvalue weighted by molar-refractivity contribution is 0.102. The third kappa shape index (κ3) is 4.22. The zero-order chi connectivity index (χ0) is 20.8. The molecule has 0 aliphatic carbocycles. The topological polar surface area (TPSA) is 80.0 Å². The van der Waals surface area contributed by atoms with Crippen molar-refractivity contribution in [3.8, 4) is 23.0 Å². The number of Topliss-reactive ketones (excluding diaryl/α,β-unsaturated/α-hetero) is 1. The fourth-order valence-electron chi connectivity index (χ4n) is 2.95. The summed E-state index contributed by atoms with van der Waals surface area (Å²) in [6.45, 7) is 3.92. The molecule has 0 aliphatic rings. The summed E-state index contributed by atoms with van der Waals surface area (Å²) in [7, 11) is 6.10. The van der Waals surface area contributed by atoms with Crippen molar-refractivity contribution < 1.29 is 23.7 Å². The third-order valence-corrected chi connectivity index (χ3v) is 4.41. The number of anilines is 1. The van der Waals surface area contributed by atoms with Gasteiger partial charge in [-0.2, -0.15) is 0 Å². The highest BCUT2D eigenvalue weighted by Gasteiger charge is 2.24. The highest BCUT2D eigenvalue weighted by molar-refractivity contribution is 6.13. The molecule has 6 nitrogen and oxygen atoms in total. The summed E-state index contributed by atoms with van der Waals surface area (Å²) >= 11 is 0. The van der Waals surface area contributed by atoms with Gasteiger partial charge in [-0.1, -0.05) is 19.9 Å². The first-order chi connectivity index (χ1) is 13.4. The van der Waals surface area contributed by atoms with Crippen LogP contribution in [-0.4, -0.2) is 34.2 Å². The molecule has 0 heterocycles. The van der Waals surface area contributed by atoms with Crippen LogP contribution < -0.4 is 24.7 Å². The maximum Gasteiger partial charge on any atom is 0.204 e. The summed E-state index contributed by atoms with van der Waals surface area (Å²) in [6.07, 6.45) is 1.83. The minimum absolute atomic E-state index is 0.0198. The largest absolute Gasteiger partial charge is 0.495 e. The molecular formula is C22H27NO5. The molecule has 0 atom stereocenters. The SMILES string of the molecule is COc1ccc(C=C(C(=O)c2ccc(OC)c(OC)c2OC)C(C)C)cc1N. The molecule has 0 aromatic heterocycles. The quantitative estimate of drug-likeness (QED) is 0.416. The van der Waals surface area contributed by atoms with E-state index in [1.54, 1.807) is 31.4 Å². The zero-order valence-corrected chi connectivity index (χ0v) is 17.2. The molecule has 0 fully saturated rings. The molecule has 0 unspecified atom stereocenters. The van der Waals surface area contributed by atoms with E-state index >= 15 is 0 Å². The van der Waals surface area contributed by atoms with Crippen LogP contribution in [0, 0.1) is 5.92 Å². The Hall–Kier alpha value is -3.15. The number of ether oxygens (including phenoxy) is 4.